The average molecular weight is 165 g/mol. The quantitative estimate of drug-likeness (QED) is 0.613. The fourth-order valence-corrected chi connectivity index (χ4v) is 0.523. The van der Waals surface area contributed by atoms with Crippen LogP contribution in [-0.2, 0) is 4.79 Å². The van der Waals surface area contributed by atoms with Crippen molar-refractivity contribution in [1.82, 2.24) is 5.32 Å². The molecular weight excluding hydrogens is 146 g/mol. The molecule has 1 amide bonds. The minimum atomic E-state index is 0. The molecule has 0 saturated carbocycles. The summed E-state index contributed by atoms with van der Waals surface area (Å²) in [6, 6.07) is 0. The number of rotatable bonds is 3. The minimum absolute atomic E-state index is 0. The zero-order valence-electron chi connectivity index (χ0n) is 6.98. The van der Waals surface area contributed by atoms with E-state index in [0.717, 1.165) is 12.2 Å². The number of carbonyl (C=O) groups excluding carboxylic acids is 1. The van der Waals surface area contributed by atoms with Gasteiger partial charge in [0.25, 0.3) is 0 Å². The molecule has 0 saturated heterocycles. The largest absolute Gasteiger partial charge is 0.359 e. The Morgan fingerprint density at radius 2 is 2.10 bits per heavy atom. The first kappa shape index (κ1) is 12.5. The van der Waals surface area contributed by atoms with Gasteiger partial charge in [-0.1, -0.05) is 13.8 Å². The maximum atomic E-state index is 10.4. The van der Waals surface area contributed by atoms with E-state index in [9.17, 15) is 4.79 Å². The van der Waals surface area contributed by atoms with Gasteiger partial charge in [-0.3, -0.25) is 4.79 Å². The Morgan fingerprint density at radius 1 is 1.60 bits per heavy atom. The van der Waals surface area contributed by atoms with Gasteiger partial charge in [0.15, 0.2) is 0 Å². The minimum Gasteiger partial charge on any atom is -0.359 e. The molecule has 0 aromatic heterocycles. The number of nitrogens with one attached hydrogen (secondary N) is 1. The van der Waals surface area contributed by atoms with Gasteiger partial charge in [-0.15, -0.1) is 0 Å². The van der Waals surface area contributed by atoms with Gasteiger partial charge in [-0.2, -0.15) is 12.6 Å². The van der Waals surface area contributed by atoms with Crippen molar-refractivity contribution in [2.45, 2.75) is 26.7 Å². The van der Waals surface area contributed by atoms with Gasteiger partial charge in [-0.05, 0) is 12.2 Å². The first-order valence-electron chi connectivity index (χ1n) is 3.62. The molecule has 0 bridgehead atoms. The Morgan fingerprint density at radius 3 is 2.40 bits per heavy atom. The Labute approximate surface area is 70.3 Å². The van der Waals surface area contributed by atoms with Crippen molar-refractivity contribution in [2.24, 2.45) is 0 Å². The van der Waals surface area contributed by atoms with Gasteiger partial charge >= 0.3 is 0 Å². The van der Waals surface area contributed by atoms with Crippen LogP contribution < -0.4 is 5.32 Å². The summed E-state index contributed by atoms with van der Waals surface area (Å²) in [4.78, 5) is 10.4. The SMILES string of the molecule is CC.CNC(=O)CCCS.[HH]. The first-order chi connectivity index (χ1) is 4.81. The highest BCUT2D eigenvalue weighted by atomic mass is 32.1. The Kier molecular flexibility index (Phi) is 14.5. The van der Waals surface area contributed by atoms with E-state index >= 15 is 0 Å². The normalized spacial score (nSPS) is 7.60. The van der Waals surface area contributed by atoms with Crippen LogP contribution in [0.2, 0.25) is 0 Å². The lowest BCUT2D eigenvalue weighted by Crippen LogP contribution is -2.16. The summed E-state index contributed by atoms with van der Waals surface area (Å²) in [7, 11) is 1.64. The second kappa shape index (κ2) is 11.6. The van der Waals surface area contributed by atoms with E-state index in [-0.39, 0.29) is 7.33 Å². The summed E-state index contributed by atoms with van der Waals surface area (Å²) >= 11 is 3.95. The van der Waals surface area contributed by atoms with Gasteiger partial charge in [0.05, 0.1) is 0 Å². The molecule has 3 heteroatoms. The van der Waals surface area contributed by atoms with Crippen LogP contribution in [0.4, 0.5) is 0 Å². The smallest absolute Gasteiger partial charge is 0.219 e. The van der Waals surface area contributed by atoms with Crippen molar-refractivity contribution in [3.63, 3.8) is 0 Å². The molecule has 0 spiro atoms. The summed E-state index contributed by atoms with van der Waals surface area (Å²) in [6.45, 7) is 4.00. The number of thiol groups is 1. The van der Waals surface area contributed by atoms with E-state index in [1.54, 1.807) is 7.05 Å². The highest BCUT2D eigenvalue weighted by Crippen LogP contribution is 1.89. The van der Waals surface area contributed by atoms with Crippen LogP contribution in [0.25, 0.3) is 0 Å². The summed E-state index contributed by atoms with van der Waals surface area (Å²) in [5, 5.41) is 2.53. The molecule has 0 atom stereocenters. The third kappa shape index (κ3) is 10.7. The van der Waals surface area contributed by atoms with Crippen molar-refractivity contribution in [2.75, 3.05) is 12.8 Å². The molecule has 0 rings (SSSR count). The summed E-state index contributed by atoms with van der Waals surface area (Å²) in [6.07, 6.45) is 1.46. The maximum Gasteiger partial charge on any atom is 0.219 e. The first-order valence-corrected chi connectivity index (χ1v) is 4.26. The number of carbonyl (C=O) groups is 1. The van der Waals surface area contributed by atoms with Gasteiger partial charge in [0, 0.05) is 14.9 Å². The standard InChI is InChI=1S/C5H11NOS.C2H6.H2/c1-6-5(7)3-2-4-8;1-2;/h8H,2-4H2,1H3,(H,6,7);1-2H3;1H. The highest BCUT2D eigenvalue weighted by molar-refractivity contribution is 7.80. The molecule has 2 nitrogen and oxygen atoms in total. The topological polar surface area (TPSA) is 29.1 Å². The van der Waals surface area contributed by atoms with Crippen molar-refractivity contribution >= 4 is 18.5 Å². The zero-order chi connectivity index (χ0) is 8.41. The third-order valence-electron chi connectivity index (χ3n) is 0.841. The van der Waals surface area contributed by atoms with E-state index in [4.69, 9.17) is 0 Å². The van der Waals surface area contributed by atoms with Crippen molar-refractivity contribution in [3.8, 4) is 0 Å². The summed E-state index contributed by atoms with van der Waals surface area (Å²) in [5.41, 5.74) is 0. The Bertz CT molecular complexity index is 80.8. The second-order valence-electron chi connectivity index (χ2n) is 1.50. The lowest BCUT2D eigenvalue weighted by Gasteiger charge is -1.93. The van der Waals surface area contributed by atoms with Crippen molar-refractivity contribution in [3.05, 3.63) is 0 Å². The van der Waals surface area contributed by atoms with Crippen molar-refractivity contribution < 1.29 is 6.22 Å². The van der Waals surface area contributed by atoms with E-state index < -0.39 is 0 Å². The lowest BCUT2D eigenvalue weighted by molar-refractivity contribution is -0.120. The predicted octanol–water partition coefficient (Wildman–Crippen LogP) is 1.71. The van der Waals surface area contributed by atoms with Crippen molar-refractivity contribution in [1.29, 1.82) is 0 Å². The predicted molar refractivity (Wildman–Crippen MR) is 50.6 cm³/mol. The Balaban J connectivity index is -0.000000196. The molecule has 0 aliphatic heterocycles. The number of hydrogen-bond donors (Lipinski definition) is 2. The molecule has 0 aliphatic carbocycles. The van der Waals surface area contributed by atoms with Crippen LogP contribution in [-0.4, -0.2) is 18.7 Å². The monoisotopic (exact) mass is 165 g/mol. The van der Waals surface area contributed by atoms with Crippen LogP contribution in [0.1, 0.15) is 28.1 Å². The highest BCUT2D eigenvalue weighted by Gasteiger charge is 1.92. The van der Waals surface area contributed by atoms with Gasteiger partial charge in [-0.25, -0.2) is 0 Å². The number of amides is 1. The molecular formula is C7H19NOS. The van der Waals surface area contributed by atoms with E-state index in [1.165, 1.54) is 0 Å². The molecule has 64 valence electrons. The molecule has 0 aromatic carbocycles. The van der Waals surface area contributed by atoms with Gasteiger partial charge < -0.3 is 5.32 Å². The molecule has 1 N–H and O–H groups in total. The fraction of sp³-hybridized carbons (Fsp3) is 0.857. The van der Waals surface area contributed by atoms with Crippen LogP contribution in [0.5, 0.6) is 0 Å². The second-order valence-corrected chi connectivity index (χ2v) is 1.95. The molecule has 0 aliphatic rings. The number of hydrogen-bond acceptors (Lipinski definition) is 2. The maximum absolute atomic E-state index is 10.4. The average Bonchev–Trinajstić information content (AvgIpc) is 2.04. The van der Waals surface area contributed by atoms with E-state index in [1.807, 2.05) is 13.8 Å². The van der Waals surface area contributed by atoms with Gasteiger partial charge in [0.2, 0.25) is 5.91 Å². The summed E-state index contributed by atoms with van der Waals surface area (Å²) in [5.74, 6) is 0.881. The lowest BCUT2D eigenvalue weighted by atomic mass is 10.3. The molecule has 0 fully saturated rings. The van der Waals surface area contributed by atoms with Crippen LogP contribution in [0.15, 0.2) is 0 Å². The van der Waals surface area contributed by atoms with E-state index in [0.29, 0.717) is 6.42 Å². The van der Waals surface area contributed by atoms with Gasteiger partial charge in [0.1, 0.15) is 0 Å². The van der Waals surface area contributed by atoms with E-state index in [2.05, 4.69) is 17.9 Å². The van der Waals surface area contributed by atoms with Crippen LogP contribution >= 0.6 is 12.6 Å². The fourth-order valence-electron chi connectivity index (χ4n) is 0.365. The molecule has 0 unspecified atom stereocenters. The Hall–Kier alpha value is -0.180. The third-order valence-corrected chi connectivity index (χ3v) is 1.16. The zero-order valence-corrected chi connectivity index (χ0v) is 7.87. The van der Waals surface area contributed by atoms with Crippen LogP contribution in [0.3, 0.4) is 0 Å². The van der Waals surface area contributed by atoms with Crippen LogP contribution in [0, 0.1) is 0 Å². The molecule has 0 aromatic rings. The molecule has 0 radical (unpaired) electrons. The summed E-state index contributed by atoms with van der Waals surface area (Å²) < 4.78 is 0. The molecule has 0 heterocycles. The molecule has 10 heavy (non-hydrogen) atoms.